The zero-order chi connectivity index (χ0) is 21.4. The van der Waals surface area contributed by atoms with Crippen molar-refractivity contribution in [1.29, 1.82) is 0 Å². The maximum atomic E-state index is 14.4. The van der Waals surface area contributed by atoms with Gasteiger partial charge in [0.1, 0.15) is 28.7 Å². The van der Waals surface area contributed by atoms with Crippen LogP contribution in [0.25, 0.3) is 10.8 Å². The van der Waals surface area contributed by atoms with Crippen molar-refractivity contribution in [3.8, 4) is 11.5 Å². The molecule has 0 aliphatic carbocycles. The summed E-state index contributed by atoms with van der Waals surface area (Å²) in [4.78, 5) is 0. The van der Waals surface area contributed by atoms with E-state index in [1.807, 2.05) is 0 Å². The lowest BCUT2D eigenvalue weighted by Gasteiger charge is -2.19. The van der Waals surface area contributed by atoms with Crippen molar-refractivity contribution in [2.75, 3.05) is 6.61 Å². The molecule has 0 bridgehead atoms. The van der Waals surface area contributed by atoms with Crippen molar-refractivity contribution >= 4 is 10.8 Å². The summed E-state index contributed by atoms with van der Waals surface area (Å²) in [6.45, 7) is 1.86. The second-order valence-corrected chi connectivity index (χ2v) is 6.00. The number of hydrogen-bond donors (Lipinski definition) is 0. The summed E-state index contributed by atoms with van der Waals surface area (Å²) in [5.41, 5.74) is -2.53. The molecular weight excluding hydrogens is 405 g/mol. The van der Waals surface area contributed by atoms with Gasteiger partial charge >= 0.3 is 12.3 Å². The highest BCUT2D eigenvalue weighted by atomic mass is 19.4. The topological polar surface area (TPSA) is 18.5 Å². The zero-order valence-electron chi connectivity index (χ0n) is 14.8. The predicted octanol–water partition coefficient (Wildman–Crippen LogP) is 6.66. The molecule has 0 N–H and O–H groups in total. The van der Waals surface area contributed by atoms with Crippen LogP contribution in [-0.2, 0) is 12.3 Å². The first-order valence-corrected chi connectivity index (χ1v) is 8.32. The summed E-state index contributed by atoms with van der Waals surface area (Å²) in [5.74, 6) is -3.20. The summed E-state index contributed by atoms with van der Waals surface area (Å²) in [6.07, 6.45) is -8.99. The van der Waals surface area contributed by atoms with E-state index in [0.717, 1.165) is 42.5 Å². The van der Waals surface area contributed by atoms with Gasteiger partial charge in [0.2, 0.25) is 0 Å². The third-order valence-electron chi connectivity index (χ3n) is 4.04. The van der Waals surface area contributed by atoms with Gasteiger partial charge in [-0.1, -0.05) is 6.07 Å². The molecule has 3 aromatic rings. The minimum Gasteiger partial charge on any atom is -0.494 e. The Labute approximate surface area is 160 Å². The third-order valence-corrected chi connectivity index (χ3v) is 4.04. The van der Waals surface area contributed by atoms with Crippen LogP contribution < -0.4 is 9.47 Å². The molecular formula is C20H13F7O2. The van der Waals surface area contributed by atoms with E-state index in [1.54, 1.807) is 6.92 Å². The summed E-state index contributed by atoms with van der Waals surface area (Å²) in [7, 11) is 0. The van der Waals surface area contributed by atoms with Gasteiger partial charge in [0.25, 0.3) is 0 Å². The fraction of sp³-hybridized carbons (Fsp3) is 0.200. The zero-order valence-corrected chi connectivity index (χ0v) is 14.8. The Balaban J connectivity index is 1.93. The molecule has 0 fully saturated rings. The van der Waals surface area contributed by atoms with Crippen LogP contribution in [0.1, 0.15) is 18.1 Å². The number of alkyl halides is 5. The van der Waals surface area contributed by atoms with Crippen LogP contribution in [0.4, 0.5) is 30.7 Å². The van der Waals surface area contributed by atoms with Crippen LogP contribution in [0.3, 0.4) is 0 Å². The van der Waals surface area contributed by atoms with Gasteiger partial charge in [-0.05, 0) is 48.7 Å². The quantitative estimate of drug-likeness (QED) is 0.431. The van der Waals surface area contributed by atoms with Crippen molar-refractivity contribution in [1.82, 2.24) is 0 Å². The lowest BCUT2D eigenvalue weighted by Crippen LogP contribution is -2.23. The summed E-state index contributed by atoms with van der Waals surface area (Å²) in [6, 6.07) is 6.88. The van der Waals surface area contributed by atoms with Crippen LogP contribution in [0.15, 0.2) is 48.5 Å². The normalized spacial score (nSPS) is 12.3. The van der Waals surface area contributed by atoms with Gasteiger partial charge in [-0.3, -0.25) is 0 Å². The fourth-order valence-electron chi connectivity index (χ4n) is 2.74. The van der Waals surface area contributed by atoms with Crippen molar-refractivity contribution in [3.63, 3.8) is 0 Å². The number of ether oxygens (including phenoxy) is 2. The van der Waals surface area contributed by atoms with E-state index in [2.05, 4.69) is 4.74 Å². The van der Waals surface area contributed by atoms with Crippen LogP contribution in [0, 0.1) is 11.6 Å². The van der Waals surface area contributed by atoms with Crippen molar-refractivity contribution in [2.45, 2.75) is 19.2 Å². The van der Waals surface area contributed by atoms with E-state index >= 15 is 0 Å². The van der Waals surface area contributed by atoms with Crippen molar-refractivity contribution < 1.29 is 40.2 Å². The Morgan fingerprint density at radius 2 is 1.45 bits per heavy atom. The Kier molecular flexibility index (Phi) is 5.34. The van der Waals surface area contributed by atoms with Crippen molar-refractivity contribution in [2.24, 2.45) is 0 Å². The van der Waals surface area contributed by atoms with Crippen LogP contribution in [0.5, 0.6) is 11.5 Å². The Morgan fingerprint density at radius 1 is 0.793 bits per heavy atom. The Bertz CT molecular complexity index is 1040. The molecule has 3 aromatic carbocycles. The molecule has 0 aliphatic rings. The van der Waals surface area contributed by atoms with Gasteiger partial charge < -0.3 is 9.47 Å². The van der Waals surface area contributed by atoms with Crippen LogP contribution >= 0.6 is 0 Å². The summed E-state index contributed by atoms with van der Waals surface area (Å²) >= 11 is 0. The number of fused-ring (bicyclic) bond motifs is 1. The van der Waals surface area contributed by atoms with E-state index in [-0.39, 0.29) is 17.7 Å². The molecule has 2 nitrogen and oxygen atoms in total. The molecule has 0 radical (unpaired) electrons. The van der Waals surface area contributed by atoms with Gasteiger partial charge in [-0.25, -0.2) is 8.78 Å². The monoisotopic (exact) mass is 418 g/mol. The average Bonchev–Trinajstić information content (AvgIpc) is 2.60. The fourth-order valence-corrected chi connectivity index (χ4v) is 2.74. The molecule has 9 heteroatoms. The van der Waals surface area contributed by atoms with Crippen LogP contribution in [0.2, 0.25) is 0 Å². The molecule has 0 saturated heterocycles. The highest BCUT2D eigenvalue weighted by molar-refractivity contribution is 5.85. The lowest BCUT2D eigenvalue weighted by atomic mass is 10.1. The SMILES string of the molecule is CCOc1ccc(C(F)(F)Oc2ccc3c(F)c(C(F)(F)F)ccc3c2)c(F)c1. The second kappa shape index (κ2) is 7.46. The molecule has 0 aliphatic heterocycles. The summed E-state index contributed by atoms with van der Waals surface area (Å²) < 4.78 is 105. The highest BCUT2D eigenvalue weighted by Crippen LogP contribution is 2.38. The molecule has 0 unspecified atom stereocenters. The molecule has 0 aromatic heterocycles. The van der Waals surface area contributed by atoms with Crippen molar-refractivity contribution in [3.05, 3.63) is 71.3 Å². The van der Waals surface area contributed by atoms with Crippen LogP contribution in [-0.4, -0.2) is 6.61 Å². The number of benzene rings is 3. The largest absolute Gasteiger partial charge is 0.494 e. The van der Waals surface area contributed by atoms with E-state index < -0.39 is 46.2 Å². The van der Waals surface area contributed by atoms with E-state index in [9.17, 15) is 30.7 Å². The first kappa shape index (κ1) is 20.8. The standard InChI is InChI=1S/C20H13F7O2/c1-2-28-12-5-8-15(17(21)10-12)20(26,27)29-13-4-6-14-11(9-13)3-7-16(18(14)22)19(23,24)25/h3-10H,2H2,1H3. The molecule has 0 amide bonds. The van der Waals surface area contributed by atoms with Gasteiger partial charge in [0.05, 0.1) is 12.2 Å². The summed E-state index contributed by atoms with van der Waals surface area (Å²) in [5, 5.41) is -0.501. The highest BCUT2D eigenvalue weighted by Gasteiger charge is 2.38. The minimum atomic E-state index is -4.90. The first-order valence-electron chi connectivity index (χ1n) is 8.32. The Morgan fingerprint density at radius 3 is 2.07 bits per heavy atom. The third kappa shape index (κ3) is 4.23. The van der Waals surface area contributed by atoms with Gasteiger partial charge in [0, 0.05) is 11.5 Å². The molecule has 0 saturated carbocycles. The number of halogens is 7. The molecule has 0 heterocycles. The maximum absolute atomic E-state index is 14.4. The molecule has 29 heavy (non-hydrogen) atoms. The van der Waals surface area contributed by atoms with E-state index in [4.69, 9.17) is 4.74 Å². The van der Waals surface area contributed by atoms with Gasteiger partial charge in [0.15, 0.2) is 0 Å². The second-order valence-electron chi connectivity index (χ2n) is 6.00. The number of rotatable bonds is 5. The maximum Gasteiger partial charge on any atom is 0.429 e. The minimum absolute atomic E-state index is 0.0613. The molecule has 154 valence electrons. The molecule has 0 atom stereocenters. The number of hydrogen-bond acceptors (Lipinski definition) is 2. The van der Waals surface area contributed by atoms with E-state index in [1.165, 1.54) is 0 Å². The molecule has 0 spiro atoms. The lowest BCUT2D eigenvalue weighted by molar-refractivity contribution is -0.187. The van der Waals surface area contributed by atoms with Gasteiger partial charge in [-0.2, -0.15) is 22.0 Å². The molecule has 3 rings (SSSR count). The van der Waals surface area contributed by atoms with Gasteiger partial charge in [-0.15, -0.1) is 0 Å². The smallest absolute Gasteiger partial charge is 0.429 e. The predicted molar refractivity (Wildman–Crippen MR) is 91.0 cm³/mol. The first-order chi connectivity index (χ1) is 13.5. The Hall–Kier alpha value is -2.97. The average molecular weight is 418 g/mol. The van der Waals surface area contributed by atoms with E-state index in [0.29, 0.717) is 6.07 Å².